The fourth-order valence-electron chi connectivity index (χ4n) is 1.73. The third kappa shape index (κ3) is 3.06. The second-order valence-electron chi connectivity index (χ2n) is 6.13. The van der Waals surface area contributed by atoms with Gasteiger partial charge in [0.2, 0.25) is 11.6 Å². The Morgan fingerprint density at radius 2 is 1.67 bits per heavy atom. The number of aryl methyl sites for hydroxylation is 1. The van der Waals surface area contributed by atoms with E-state index >= 15 is 0 Å². The van der Waals surface area contributed by atoms with E-state index in [1.807, 2.05) is 25.1 Å². The molecule has 98 valence electrons. The smallest absolute Gasteiger partial charge is 0.229 e. The van der Waals surface area contributed by atoms with Crippen molar-refractivity contribution in [2.45, 2.75) is 47.0 Å². The van der Waals surface area contributed by atoms with Crippen LogP contribution in [0.25, 0.3) is 0 Å². The lowest BCUT2D eigenvalue weighted by Crippen LogP contribution is -2.21. The van der Waals surface area contributed by atoms with E-state index in [1.54, 1.807) is 13.8 Å². The fourth-order valence-corrected chi connectivity index (χ4v) is 1.73. The molecule has 1 rings (SSSR count). The predicted octanol–water partition coefficient (Wildman–Crippen LogP) is 3.70. The molecule has 0 aromatic heterocycles. The van der Waals surface area contributed by atoms with Crippen LogP contribution in [0.2, 0.25) is 0 Å². The van der Waals surface area contributed by atoms with E-state index in [-0.39, 0.29) is 22.9 Å². The van der Waals surface area contributed by atoms with Crippen molar-refractivity contribution in [2.75, 3.05) is 0 Å². The standard InChI is InChI=1S/C16H22O2/c1-10(2)14(17)15(18)13-9-12(16(4,5)6)8-7-11(13)3/h7-10H,1-6H3. The van der Waals surface area contributed by atoms with E-state index < -0.39 is 0 Å². The van der Waals surface area contributed by atoms with E-state index in [0.29, 0.717) is 5.56 Å². The van der Waals surface area contributed by atoms with Crippen LogP contribution < -0.4 is 0 Å². The lowest BCUT2D eigenvalue weighted by Gasteiger charge is -2.20. The molecule has 0 unspecified atom stereocenters. The van der Waals surface area contributed by atoms with Gasteiger partial charge in [-0.2, -0.15) is 0 Å². The highest BCUT2D eigenvalue weighted by Crippen LogP contribution is 2.25. The minimum absolute atomic E-state index is 0.0242. The molecule has 0 saturated heterocycles. The Balaban J connectivity index is 3.25. The molecular weight excluding hydrogens is 224 g/mol. The first-order valence-corrected chi connectivity index (χ1v) is 6.34. The average Bonchev–Trinajstić information content (AvgIpc) is 2.26. The number of ketones is 2. The highest BCUT2D eigenvalue weighted by Gasteiger charge is 2.23. The third-order valence-electron chi connectivity index (χ3n) is 3.10. The van der Waals surface area contributed by atoms with Crippen molar-refractivity contribution in [3.63, 3.8) is 0 Å². The molecule has 1 aromatic carbocycles. The van der Waals surface area contributed by atoms with Gasteiger partial charge in [-0.15, -0.1) is 0 Å². The zero-order valence-corrected chi connectivity index (χ0v) is 12.1. The topological polar surface area (TPSA) is 34.1 Å². The predicted molar refractivity (Wildman–Crippen MR) is 74.1 cm³/mol. The van der Waals surface area contributed by atoms with Gasteiger partial charge in [-0.05, 0) is 29.5 Å². The molecule has 0 atom stereocenters. The van der Waals surface area contributed by atoms with Crippen LogP contribution in [-0.4, -0.2) is 11.6 Å². The Kier molecular flexibility index (Phi) is 4.10. The Labute approximate surface area is 109 Å². The van der Waals surface area contributed by atoms with E-state index in [1.165, 1.54) is 0 Å². The number of hydrogen-bond acceptors (Lipinski definition) is 2. The van der Waals surface area contributed by atoms with Crippen molar-refractivity contribution in [1.82, 2.24) is 0 Å². The Hall–Kier alpha value is -1.44. The lowest BCUT2D eigenvalue weighted by molar-refractivity contribution is -0.117. The largest absolute Gasteiger partial charge is 0.290 e. The summed E-state index contributed by atoms with van der Waals surface area (Å²) in [4.78, 5) is 23.9. The molecule has 0 N–H and O–H groups in total. The number of benzene rings is 1. The first-order chi connectivity index (χ1) is 8.14. The van der Waals surface area contributed by atoms with Crippen molar-refractivity contribution < 1.29 is 9.59 Å². The first kappa shape index (κ1) is 14.6. The van der Waals surface area contributed by atoms with Gasteiger partial charge in [-0.3, -0.25) is 9.59 Å². The number of Topliss-reactive ketones (excluding diaryl/α,β-unsaturated/α-hetero) is 2. The molecule has 0 spiro atoms. The van der Waals surface area contributed by atoms with Gasteiger partial charge in [0.05, 0.1) is 0 Å². The second-order valence-corrected chi connectivity index (χ2v) is 6.13. The maximum Gasteiger partial charge on any atom is 0.229 e. The molecule has 0 fully saturated rings. The monoisotopic (exact) mass is 246 g/mol. The molecule has 0 aliphatic carbocycles. The molecule has 1 aromatic rings. The fraction of sp³-hybridized carbons (Fsp3) is 0.500. The van der Waals surface area contributed by atoms with Crippen LogP contribution in [0.4, 0.5) is 0 Å². The molecular formula is C16H22O2. The maximum atomic E-state index is 12.1. The molecule has 2 nitrogen and oxygen atoms in total. The Bertz CT molecular complexity index is 476. The van der Waals surface area contributed by atoms with Gasteiger partial charge < -0.3 is 0 Å². The summed E-state index contributed by atoms with van der Waals surface area (Å²) in [7, 11) is 0. The van der Waals surface area contributed by atoms with Crippen molar-refractivity contribution in [2.24, 2.45) is 5.92 Å². The van der Waals surface area contributed by atoms with Crippen molar-refractivity contribution in [1.29, 1.82) is 0 Å². The summed E-state index contributed by atoms with van der Waals surface area (Å²) >= 11 is 0. The molecule has 2 heteroatoms. The summed E-state index contributed by atoms with van der Waals surface area (Å²) in [6.07, 6.45) is 0. The summed E-state index contributed by atoms with van der Waals surface area (Å²) in [5, 5.41) is 0. The Morgan fingerprint density at radius 1 is 1.11 bits per heavy atom. The zero-order valence-electron chi connectivity index (χ0n) is 12.1. The number of carbonyl (C=O) groups is 2. The molecule has 0 radical (unpaired) electrons. The summed E-state index contributed by atoms with van der Waals surface area (Å²) in [6.45, 7) is 11.7. The van der Waals surface area contributed by atoms with Crippen molar-refractivity contribution in [3.8, 4) is 0 Å². The normalized spacial score (nSPS) is 11.7. The number of hydrogen-bond donors (Lipinski definition) is 0. The number of carbonyl (C=O) groups excluding carboxylic acids is 2. The molecule has 0 saturated carbocycles. The summed E-state index contributed by atoms with van der Waals surface area (Å²) in [5.41, 5.74) is 2.46. The van der Waals surface area contributed by atoms with Crippen LogP contribution >= 0.6 is 0 Å². The van der Waals surface area contributed by atoms with Crippen molar-refractivity contribution in [3.05, 3.63) is 34.9 Å². The minimum Gasteiger partial charge on any atom is -0.290 e. The van der Waals surface area contributed by atoms with E-state index in [9.17, 15) is 9.59 Å². The molecule has 0 heterocycles. The quantitative estimate of drug-likeness (QED) is 0.602. The summed E-state index contributed by atoms with van der Waals surface area (Å²) in [6, 6.07) is 5.80. The van der Waals surface area contributed by atoms with E-state index in [0.717, 1.165) is 11.1 Å². The summed E-state index contributed by atoms with van der Waals surface area (Å²) < 4.78 is 0. The highest BCUT2D eigenvalue weighted by atomic mass is 16.2. The van der Waals surface area contributed by atoms with Gasteiger partial charge >= 0.3 is 0 Å². The third-order valence-corrected chi connectivity index (χ3v) is 3.10. The van der Waals surface area contributed by atoms with Gasteiger partial charge in [-0.25, -0.2) is 0 Å². The van der Waals surface area contributed by atoms with E-state index in [4.69, 9.17) is 0 Å². The van der Waals surface area contributed by atoms with Crippen molar-refractivity contribution >= 4 is 11.6 Å². The molecule has 18 heavy (non-hydrogen) atoms. The van der Waals surface area contributed by atoms with Gasteiger partial charge in [-0.1, -0.05) is 46.8 Å². The minimum atomic E-state index is -0.367. The van der Waals surface area contributed by atoms with Crippen LogP contribution in [0.15, 0.2) is 18.2 Å². The van der Waals surface area contributed by atoms with Gasteiger partial charge in [0, 0.05) is 11.5 Å². The van der Waals surface area contributed by atoms with Gasteiger partial charge in [0.15, 0.2) is 0 Å². The first-order valence-electron chi connectivity index (χ1n) is 6.34. The SMILES string of the molecule is Cc1ccc(C(C)(C)C)cc1C(=O)C(=O)C(C)C. The molecule has 0 aliphatic rings. The summed E-state index contributed by atoms with van der Waals surface area (Å²) in [5.74, 6) is -0.937. The maximum absolute atomic E-state index is 12.1. The van der Waals surface area contributed by atoms with Gasteiger partial charge in [0.25, 0.3) is 0 Å². The average molecular weight is 246 g/mol. The van der Waals surface area contributed by atoms with Crippen LogP contribution in [0.5, 0.6) is 0 Å². The lowest BCUT2D eigenvalue weighted by atomic mass is 9.84. The van der Waals surface area contributed by atoms with Crippen LogP contribution in [-0.2, 0) is 10.2 Å². The van der Waals surface area contributed by atoms with Crippen LogP contribution in [0, 0.1) is 12.8 Å². The van der Waals surface area contributed by atoms with Gasteiger partial charge in [0.1, 0.15) is 0 Å². The number of rotatable bonds is 3. The molecule has 0 aliphatic heterocycles. The van der Waals surface area contributed by atoms with Crippen LogP contribution in [0.1, 0.15) is 56.1 Å². The zero-order chi connectivity index (χ0) is 14.1. The Morgan fingerprint density at radius 3 is 2.11 bits per heavy atom. The molecule has 0 amide bonds. The van der Waals surface area contributed by atoms with Crippen LogP contribution in [0.3, 0.4) is 0 Å². The van der Waals surface area contributed by atoms with E-state index in [2.05, 4.69) is 20.8 Å². The molecule has 0 bridgehead atoms. The highest BCUT2D eigenvalue weighted by molar-refractivity contribution is 6.44. The second kappa shape index (κ2) is 5.05.